The second-order valence-corrected chi connectivity index (χ2v) is 10.4. The van der Waals surface area contributed by atoms with E-state index in [1.54, 1.807) is 0 Å². The lowest BCUT2D eigenvalue weighted by atomic mass is 9.69. The van der Waals surface area contributed by atoms with E-state index in [1.165, 1.54) is 30.3 Å². The fourth-order valence-corrected chi connectivity index (χ4v) is 5.24. The summed E-state index contributed by atoms with van der Waals surface area (Å²) in [6.07, 6.45) is -18.7. The number of ether oxygens (including phenoxy) is 2. The van der Waals surface area contributed by atoms with Crippen molar-refractivity contribution in [1.29, 1.82) is 0 Å². The van der Waals surface area contributed by atoms with Crippen molar-refractivity contribution in [3.63, 3.8) is 0 Å². The molecule has 0 radical (unpaired) electrons. The molecule has 1 aromatic rings. The van der Waals surface area contributed by atoms with Crippen LogP contribution in [0.15, 0.2) is 53.0 Å². The SMILES string of the molecule is C.O=C1C(=C(O)/C=C/c2ccc(O)cc2)C(O)=C(C2OC(CO)C(O)C(O)C2O)C(=O)C1(O)C1OC(CO)C(O)C(O)C1O. The van der Waals surface area contributed by atoms with Crippen LogP contribution >= 0.6 is 0 Å². The molecule has 2 saturated heterocycles. The summed E-state index contributed by atoms with van der Waals surface area (Å²) in [6, 6.07) is 5.38. The minimum Gasteiger partial charge on any atom is -0.508 e. The number of hydrogen-bond donors (Lipinski definition) is 12. The summed E-state index contributed by atoms with van der Waals surface area (Å²) < 4.78 is 10.6. The Kier molecular flexibility index (Phi) is 10.7. The maximum absolute atomic E-state index is 13.9. The largest absolute Gasteiger partial charge is 0.508 e. The van der Waals surface area contributed by atoms with Crippen LogP contribution in [-0.2, 0) is 19.1 Å². The van der Waals surface area contributed by atoms with E-state index in [9.17, 15) is 70.9 Å². The van der Waals surface area contributed by atoms with Crippen molar-refractivity contribution in [1.82, 2.24) is 0 Å². The van der Waals surface area contributed by atoms with Crippen LogP contribution in [0.3, 0.4) is 0 Å². The molecule has 16 heteroatoms. The van der Waals surface area contributed by atoms with E-state index >= 15 is 0 Å². The third-order valence-electron chi connectivity index (χ3n) is 7.72. The summed E-state index contributed by atoms with van der Waals surface area (Å²) in [6.45, 7) is -1.99. The highest BCUT2D eigenvalue weighted by molar-refractivity contribution is 6.28. The molecule has 2 heterocycles. The molecule has 0 aromatic heterocycles. The van der Waals surface area contributed by atoms with Gasteiger partial charge in [0.15, 0.2) is 0 Å². The van der Waals surface area contributed by atoms with Gasteiger partial charge in [0.1, 0.15) is 83.9 Å². The van der Waals surface area contributed by atoms with E-state index in [2.05, 4.69) is 0 Å². The van der Waals surface area contributed by atoms with Gasteiger partial charge in [-0.15, -0.1) is 0 Å². The van der Waals surface area contributed by atoms with Crippen molar-refractivity contribution in [2.24, 2.45) is 0 Å². The minimum absolute atomic E-state index is 0. The summed E-state index contributed by atoms with van der Waals surface area (Å²) >= 11 is 0. The molecule has 2 aliphatic heterocycles. The number of benzene rings is 1. The number of ketones is 2. The van der Waals surface area contributed by atoms with E-state index in [-0.39, 0.29) is 13.2 Å². The lowest BCUT2D eigenvalue weighted by Crippen LogP contribution is -2.72. The third-order valence-corrected chi connectivity index (χ3v) is 7.72. The zero-order valence-corrected chi connectivity index (χ0v) is 22.2. The number of Topliss-reactive ketones (excluding diaryl/α,β-unsaturated/α-hetero) is 2. The van der Waals surface area contributed by atoms with E-state index in [0.717, 1.165) is 6.08 Å². The first-order valence-corrected chi connectivity index (χ1v) is 13.0. The highest BCUT2D eigenvalue weighted by atomic mass is 16.6. The zero-order valence-electron chi connectivity index (χ0n) is 22.2. The Morgan fingerprint density at radius 1 is 0.773 bits per heavy atom. The van der Waals surface area contributed by atoms with Crippen molar-refractivity contribution in [3.8, 4) is 5.75 Å². The lowest BCUT2D eigenvalue weighted by Gasteiger charge is -2.48. The molecule has 1 aromatic carbocycles. The smallest absolute Gasteiger partial charge is 0.219 e. The third kappa shape index (κ3) is 5.78. The number of aromatic hydroxyl groups is 1. The first-order chi connectivity index (χ1) is 20.2. The van der Waals surface area contributed by atoms with Crippen molar-refractivity contribution < 1.29 is 80.3 Å². The van der Waals surface area contributed by atoms with Crippen LogP contribution in [0, 0.1) is 0 Å². The van der Waals surface area contributed by atoms with Crippen LogP contribution in [0.25, 0.3) is 6.08 Å². The van der Waals surface area contributed by atoms with Gasteiger partial charge in [-0.25, -0.2) is 0 Å². The molecule has 44 heavy (non-hydrogen) atoms. The molecule has 3 aliphatic rings. The van der Waals surface area contributed by atoms with Crippen LogP contribution in [0.4, 0.5) is 0 Å². The highest BCUT2D eigenvalue weighted by Gasteiger charge is 2.65. The monoisotopic (exact) mass is 628 g/mol. The Bertz CT molecular complexity index is 1320. The Hall–Kier alpha value is -3.26. The second-order valence-electron chi connectivity index (χ2n) is 10.4. The number of aliphatic hydroxyl groups excluding tert-OH is 10. The summed E-state index contributed by atoms with van der Waals surface area (Å²) in [5, 5.41) is 125. The van der Waals surface area contributed by atoms with Crippen LogP contribution in [0.1, 0.15) is 13.0 Å². The number of phenolic OH excluding ortho intramolecular Hbond substituents is 1. The first kappa shape index (κ1) is 35.2. The van der Waals surface area contributed by atoms with Crippen molar-refractivity contribution in [2.75, 3.05) is 13.2 Å². The van der Waals surface area contributed by atoms with Crippen LogP contribution in [0.5, 0.6) is 5.75 Å². The molecule has 244 valence electrons. The predicted molar refractivity (Wildman–Crippen MR) is 146 cm³/mol. The molecular formula is C28H36O16. The molecular weight excluding hydrogens is 592 g/mol. The van der Waals surface area contributed by atoms with Crippen LogP contribution < -0.4 is 0 Å². The fraction of sp³-hybridized carbons (Fsp3) is 0.500. The average molecular weight is 629 g/mol. The maximum Gasteiger partial charge on any atom is 0.219 e. The quantitative estimate of drug-likeness (QED) is 0.0817. The Labute approximate surface area is 249 Å². The van der Waals surface area contributed by atoms with Crippen LogP contribution in [0.2, 0.25) is 0 Å². The highest BCUT2D eigenvalue weighted by Crippen LogP contribution is 2.42. The maximum atomic E-state index is 13.9. The van der Waals surface area contributed by atoms with Gasteiger partial charge in [0.05, 0.1) is 18.8 Å². The van der Waals surface area contributed by atoms with Gasteiger partial charge in [-0.1, -0.05) is 25.6 Å². The molecule has 2 fully saturated rings. The molecule has 0 saturated carbocycles. The van der Waals surface area contributed by atoms with Gasteiger partial charge in [-0.3, -0.25) is 9.59 Å². The standard InChI is InChI=1S/C27H32O16.CH4/c28-7-12-16(32)19(35)21(37)23(42-12)15-18(34)14(11(31)6-3-9-1-4-10(30)5-2-9)24(39)27(41,25(15)40)26-22(38)20(36)17(33)13(8-29)43-26;/h1-6,12-13,16-17,19-23,26,28-38,41H,7-8H2;1H4/b6-3+,14-11?;. The van der Waals surface area contributed by atoms with Gasteiger partial charge in [-0.05, 0) is 23.8 Å². The molecule has 11 atom stereocenters. The van der Waals surface area contributed by atoms with E-state index in [4.69, 9.17) is 9.47 Å². The van der Waals surface area contributed by atoms with Crippen molar-refractivity contribution in [3.05, 3.63) is 58.6 Å². The van der Waals surface area contributed by atoms with Gasteiger partial charge >= 0.3 is 0 Å². The number of carbonyl (C=O) groups excluding carboxylic acids is 2. The number of carbonyl (C=O) groups is 2. The molecule has 11 unspecified atom stereocenters. The molecule has 16 nitrogen and oxygen atoms in total. The first-order valence-electron chi connectivity index (χ1n) is 13.0. The number of hydrogen-bond acceptors (Lipinski definition) is 16. The predicted octanol–water partition coefficient (Wildman–Crippen LogP) is -3.77. The van der Waals surface area contributed by atoms with Crippen molar-refractivity contribution >= 4 is 17.6 Å². The number of rotatable bonds is 6. The zero-order chi connectivity index (χ0) is 32.0. The normalized spacial score (nSPS) is 39.4. The molecule has 12 N–H and O–H groups in total. The molecule has 0 spiro atoms. The Balaban J connectivity index is 0.00000529. The fourth-order valence-electron chi connectivity index (χ4n) is 5.24. The van der Waals surface area contributed by atoms with Gasteiger partial charge in [0.25, 0.3) is 0 Å². The summed E-state index contributed by atoms with van der Waals surface area (Å²) in [4.78, 5) is 27.6. The Morgan fingerprint density at radius 2 is 1.30 bits per heavy atom. The number of aliphatic hydroxyl groups is 11. The summed E-state index contributed by atoms with van der Waals surface area (Å²) in [7, 11) is 0. The average Bonchev–Trinajstić information content (AvgIpc) is 2.98. The molecule has 0 amide bonds. The van der Waals surface area contributed by atoms with Gasteiger partial charge in [0, 0.05) is 0 Å². The van der Waals surface area contributed by atoms with Gasteiger partial charge < -0.3 is 70.8 Å². The van der Waals surface area contributed by atoms with Crippen molar-refractivity contribution in [2.45, 2.75) is 74.1 Å². The lowest BCUT2D eigenvalue weighted by molar-refractivity contribution is -0.261. The van der Waals surface area contributed by atoms with E-state index < -0.39 is 114 Å². The Morgan fingerprint density at radius 3 is 1.84 bits per heavy atom. The summed E-state index contributed by atoms with van der Waals surface area (Å²) in [5.41, 5.74) is -5.62. The molecule has 1 aliphatic carbocycles. The van der Waals surface area contributed by atoms with Crippen LogP contribution in [-0.4, -0.2) is 153 Å². The van der Waals surface area contributed by atoms with Gasteiger partial charge in [-0.2, -0.15) is 0 Å². The molecule has 4 rings (SSSR count). The second kappa shape index (κ2) is 13.4. The minimum atomic E-state index is -3.63. The topological polar surface area (TPSA) is 295 Å². The van der Waals surface area contributed by atoms with Gasteiger partial charge in [0.2, 0.25) is 17.2 Å². The van der Waals surface area contributed by atoms with E-state index in [1.807, 2.05) is 0 Å². The number of allylic oxidation sites excluding steroid dienone is 2. The van der Waals surface area contributed by atoms with E-state index in [0.29, 0.717) is 5.56 Å². The molecule has 0 bridgehead atoms. The summed E-state index contributed by atoms with van der Waals surface area (Å²) in [5.74, 6) is -6.12. The number of phenols is 1.